The highest BCUT2D eigenvalue weighted by Crippen LogP contribution is 2.20. The normalized spacial score (nSPS) is 10.8. The molecule has 0 saturated carbocycles. The Bertz CT molecular complexity index is 1060. The minimum Gasteiger partial charge on any atom is -0.348 e. The van der Waals surface area contributed by atoms with Crippen molar-refractivity contribution in [2.45, 2.75) is 6.54 Å². The lowest BCUT2D eigenvalue weighted by Gasteiger charge is -2.07. The highest BCUT2D eigenvalue weighted by molar-refractivity contribution is 5.94. The molecule has 4 rings (SSSR count). The number of carbonyl (C=O) groups is 1. The molecule has 0 unspecified atom stereocenters. The monoisotopic (exact) mass is 346 g/mol. The van der Waals surface area contributed by atoms with Crippen molar-refractivity contribution in [1.82, 2.24) is 19.9 Å². The van der Waals surface area contributed by atoms with Gasteiger partial charge in [0.25, 0.3) is 5.91 Å². The second-order valence-electron chi connectivity index (χ2n) is 5.87. The maximum Gasteiger partial charge on any atom is 0.251 e. The third kappa shape index (κ3) is 3.30. The number of pyridine rings is 1. The molecule has 0 bridgehead atoms. The zero-order valence-corrected chi connectivity index (χ0v) is 13.8. The van der Waals surface area contributed by atoms with Crippen LogP contribution in [0.25, 0.3) is 16.8 Å². The summed E-state index contributed by atoms with van der Waals surface area (Å²) >= 11 is 0. The Balaban J connectivity index is 1.46. The van der Waals surface area contributed by atoms with Crippen LogP contribution in [0.5, 0.6) is 0 Å². The van der Waals surface area contributed by atoms with Crippen molar-refractivity contribution in [2.75, 3.05) is 0 Å². The molecule has 5 nitrogen and oxygen atoms in total. The van der Waals surface area contributed by atoms with Crippen molar-refractivity contribution in [3.05, 3.63) is 90.1 Å². The number of halogens is 1. The first kappa shape index (κ1) is 16.0. The van der Waals surface area contributed by atoms with Gasteiger partial charge in [0.15, 0.2) is 5.65 Å². The van der Waals surface area contributed by atoms with E-state index in [0.717, 1.165) is 22.3 Å². The lowest BCUT2D eigenvalue weighted by atomic mass is 10.1. The predicted octanol–water partition coefficient (Wildman–Crippen LogP) is 3.47. The second kappa shape index (κ2) is 6.76. The topological polar surface area (TPSA) is 59.3 Å². The zero-order valence-electron chi connectivity index (χ0n) is 13.8. The summed E-state index contributed by atoms with van der Waals surface area (Å²) in [4.78, 5) is 16.4. The quantitative estimate of drug-likeness (QED) is 0.616. The molecule has 26 heavy (non-hydrogen) atoms. The third-order valence-electron chi connectivity index (χ3n) is 4.12. The van der Waals surface area contributed by atoms with Crippen LogP contribution in [-0.4, -0.2) is 20.5 Å². The Hall–Kier alpha value is -3.54. The molecule has 0 spiro atoms. The van der Waals surface area contributed by atoms with Crippen LogP contribution in [0.1, 0.15) is 15.9 Å². The largest absolute Gasteiger partial charge is 0.348 e. The number of hydrogen-bond donors (Lipinski definition) is 1. The summed E-state index contributed by atoms with van der Waals surface area (Å²) < 4.78 is 14.6. The molecule has 1 N–H and O–H groups in total. The maximum atomic E-state index is 12.9. The van der Waals surface area contributed by atoms with Crippen molar-refractivity contribution < 1.29 is 9.18 Å². The lowest BCUT2D eigenvalue weighted by molar-refractivity contribution is 0.0951. The van der Waals surface area contributed by atoms with Crippen LogP contribution in [0.2, 0.25) is 0 Å². The van der Waals surface area contributed by atoms with Crippen LogP contribution in [0.15, 0.2) is 73.2 Å². The second-order valence-corrected chi connectivity index (χ2v) is 5.87. The Morgan fingerprint density at radius 1 is 0.962 bits per heavy atom. The molecule has 6 heteroatoms. The SMILES string of the molecule is O=C(NCc1ccc(F)cc1)c1ccc(-c2ccc3ncnn3c2)cc1. The summed E-state index contributed by atoms with van der Waals surface area (Å²) in [5.41, 5.74) is 4.17. The Morgan fingerprint density at radius 3 is 2.46 bits per heavy atom. The first-order valence-corrected chi connectivity index (χ1v) is 8.11. The van der Waals surface area contributed by atoms with E-state index in [1.54, 1.807) is 28.8 Å². The number of nitrogens with one attached hydrogen (secondary N) is 1. The number of amides is 1. The molecule has 2 aromatic carbocycles. The highest BCUT2D eigenvalue weighted by Gasteiger charge is 2.07. The van der Waals surface area contributed by atoms with E-state index in [9.17, 15) is 9.18 Å². The summed E-state index contributed by atoms with van der Waals surface area (Å²) in [6.07, 6.45) is 3.40. The molecule has 0 atom stereocenters. The van der Waals surface area contributed by atoms with Gasteiger partial charge in [0.1, 0.15) is 12.1 Å². The van der Waals surface area contributed by atoms with Gasteiger partial charge in [-0.3, -0.25) is 4.79 Å². The number of hydrogen-bond acceptors (Lipinski definition) is 3. The predicted molar refractivity (Wildman–Crippen MR) is 96.0 cm³/mol. The molecule has 2 aromatic heterocycles. The molecule has 4 aromatic rings. The molecule has 0 fully saturated rings. The van der Waals surface area contributed by atoms with Gasteiger partial charge in [0.05, 0.1) is 0 Å². The van der Waals surface area contributed by atoms with Gasteiger partial charge in [-0.05, 0) is 47.5 Å². The summed E-state index contributed by atoms with van der Waals surface area (Å²) in [6.45, 7) is 0.351. The van der Waals surface area contributed by atoms with Crippen LogP contribution in [0.4, 0.5) is 4.39 Å². The number of rotatable bonds is 4. The van der Waals surface area contributed by atoms with E-state index in [2.05, 4.69) is 15.4 Å². The van der Waals surface area contributed by atoms with E-state index >= 15 is 0 Å². The van der Waals surface area contributed by atoms with Crippen molar-refractivity contribution >= 4 is 11.6 Å². The number of benzene rings is 2. The lowest BCUT2D eigenvalue weighted by Crippen LogP contribution is -2.22. The number of aromatic nitrogens is 3. The molecule has 128 valence electrons. The molecule has 0 aliphatic carbocycles. The minimum absolute atomic E-state index is 0.174. The molecule has 0 saturated heterocycles. The van der Waals surface area contributed by atoms with Gasteiger partial charge in [-0.2, -0.15) is 5.10 Å². The first-order valence-electron chi connectivity index (χ1n) is 8.11. The fourth-order valence-corrected chi connectivity index (χ4v) is 2.69. The third-order valence-corrected chi connectivity index (χ3v) is 4.12. The van der Waals surface area contributed by atoms with E-state index in [4.69, 9.17) is 0 Å². The average Bonchev–Trinajstić information content (AvgIpc) is 3.15. The molecule has 2 heterocycles. The summed E-state index contributed by atoms with van der Waals surface area (Å²) in [5, 5.41) is 6.96. The van der Waals surface area contributed by atoms with Gasteiger partial charge >= 0.3 is 0 Å². The summed E-state index contributed by atoms with van der Waals surface area (Å²) in [5.74, 6) is -0.465. The molecule has 0 aliphatic heterocycles. The van der Waals surface area contributed by atoms with E-state index < -0.39 is 0 Å². The van der Waals surface area contributed by atoms with Crippen LogP contribution in [-0.2, 0) is 6.54 Å². The molecular weight excluding hydrogens is 331 g/mol. The van der Waals surface area contributed by atoms with E-state index in [1.165, 1.54) is 18.5 Å². The fourth-order valence-electron chi connectivity index (χ4n) is 2.69. The Labute approximate surface area is 149 Å². The van der Waals surface area contributed by atoms with E-state index in [-0.39, 0.29) is 11.7 Å². The van der Waals surface area contributed by atoms with Crippen LogP contribution in [0.3, 0.4) is 0 Å². The van der Waals surface area contributed by atoms with E-state index in [1.807, 2.05) is 30.5 Å². The standard InChI is InChI=1S/C20H15FN4O/c21-18-8-1-14(2-9-18)11-22-20(26)16-5-3-15(4-6-16)17-7-10-19-23-13-24-25(19)12-17/h1-10,12-13H,11H2,(H,22,26). The maximum absolute atomic E-state index is 12.9. The van der Waals surface area contributed by atoms with Gasteiger partial charge in [-0.15, -0.1) is 0 Å². The molecular formula is C20H15FN4O. The molecule has 1 amide bonds. The van der Waals surface area contributed by atoms with Crippen molar-refractivity contribution in [2.24, 2.45) is 0 Å². The first-order chi connectivity index (χ1) is 12.7. The molecule has 0 aliphatic rings. The average molecular weight is 346 g/mol. The Kier molecular flexibility index (Phi) is 4.15. The van der Waals surface area contributed by atoms with Crippen LogP contribution < -0.4 is 5.32 Å². The highest BCUT2D eigenvalue weighted by atomic mass is 19.1. The fraction of sp³-hybridized carbons (Fsp3) is 0.0500. The van der Waals surface area contributed by atoms with Crippen molar-refractivity contribution in [1.29, 1.82) is 0 Å². The van der Waals surface area contributed by atoms with Crippen LogP contribution in [0, 0.1) is 5.82 Å². The number of carbonyl (C=O) groups excluding carboxylic acids is 1. The number of nitrogens with zero attached hydrogens (tertiary/aromatic N) is 3. The zero-order chi connectivity index (χ0) is 17.9. The van der Waals surface area contributed by atoms with Crippen molar-refractivity contribution in [3.63, 3.8) is 0 Å². The Morgan fingerprint density at radius 2 is 1.69 bits per heavy atom. The number of fused-ring (bicyclic) bond motifs is 1. The van der Waals surface area contributed by atoms with E-state index in [0.29, 0.717) is 12.1 Å². The summed E-state index contributed by atoms with van der Waals surface area (Å²) in [7, 11) is 0. The molecule has 0 radical (unpaired) electrons. The van der Waals surface area contributed by atoms with Gasteiger partial charge in [0, 0.05) is 23.9 Å². The smallest absolute Gasteiger partial charge is 0.251 e. The van der Waals surface area contributed by atoms with Crippen molar-refractivity contribution in [3.8, 4) is 11.1 Å². The van der Waals surface area contributed by atoms with Crippen LogP contribution >= 0.6 is 0 Å². The minimum atomic E-state index is -0.292. The van der Waals surface area contributed by atoms with Gasteiger partial charge in [0.2, 0.25) is 0 Å². The van der Waals surface area contributed by atoms with Gasteiger partial charge in [-0.1, -0.05) is 24.3 Å². The summed E-state index contributed by atoms with van der Waals surface area (Å²) in [6, 6.07) is 17.3. The van der Waals surface area contributed by atoms with Gasteiger partial charge in [-0.25, -0.2) is 13.9 Å². The van der Waals surface area contributed by atoms with Gasteiger partial charge < -0.3 is 5.32 Å².